The van der Waals surface area contributed by atoms with Gasteiger partial charge in [0.25, 0.3) is 0 Å². The van der Waals surface area contributed by atoms with Gasteiger partial charge in [0.1, 0.15) is 11.9 Å². The lowest BCUT2D eigenvalue weighted by atomic mass is 10.1. The van der Waals surface area contributed by atoms with Crippen molar-refractivity contribution < 1.29 is 37.0 Å². The number of aliphatic hydroxyl groups excluding tert-OH is 1. The van der Waals surface area contributed by atoms with Crippen molar-refractivity contribution >= 4 is 13.7 Å². The normalized spacial score (nSPS) is 28.0. The minimum atomic E-state index is -4.31. The smallest absolute Gasteiger partial charge is 0.413 e. The van der Waals surface area contributed by atoms with Gasteiger partial charge in [0.2, 0.25) is 12.1 Å². The molecule has 190 valence electrons. The van der Waals surface area contributed by atoms with Gasteiger partial charge in [-0.2, -0.15) is 13.9 Å². The molecule has 1 amide bonds. The highest BCUT2D eigenvalue weighted by molar-refractivity contribution is 7.52. The van der Waals surface area contributed by atoms with Crippen LogP contribution in [-0.4, -0.2) is 69.8 Å². The summed E-state index contributed by atoms with van der Waals surface area (Å²) in [6, 6.07) is 8.34. The Morgan fingerprint density at radius 1 is 1.29 bits per heavy atom. The zero-order valence-corrected chi connectivity index (χ0v) is 19.6. The molecular weight excluding hydrogens is 489 g/mol. The zero-order valence-electron chi connectivity index (χ0n) is 18.7. The number of piperidine rings is 1. The number of hydrogen-bond donors (Lipinski definition) is 2. The first kappa shape index (κ1) is 25.4. The van der Waals surface area contributed by atoms with Crippen LogP contribution in [0.3, 0.4) is 0 Å². The average Bonchev–Trinajstić information content (AvgIpc) is 3.05. The summed E-state index contributed by atoms with van der Waals surface area (Å²) in [6.45, 7) is -0.246. The number of benzene rings is 1. The maximum absolute atomic E-state index is 14.8. The van der Waals surface area contributed by atoms with E-state index < -0.39 is 50.4 Å². The fourth-order valence-electron chi connectivity index (χ4n) is 3.88. The van der Waals surface area contributed by atoms with Gasteiger partial charge < -0.3 is 19.3 Å². The molecule has 14 heteroatoms. The van der Waals surface area contributed by atoms with Gasteiger partial charge in [0.05, 0.1) is 12.6 Å². The summed E-state index contributed by atoms with van der Waals surface area (Å²) in [5.41, 5.74) is -0.995. The zero-order chi connectivity index (χ0) is 25.2. The first-order valence-corrected chi connectivity index (χ1v) is 12.4. The molecule has 35 heavy (non-hydrogen) atoms. The highest BCUT2D eigenvalue weighted by atomic mass is 31.2. The fourth-order valence-corrected chi connectivity index (χ4v) is 5.42. The van der Waals surface area contributed by atoms with Crippen molar-refractivity contribution in [1.29, 1.82) is 0 Å². The lowest BCUT2D eigenvalue weighted by Gasteiger charge is -2.32. The second kappa shape index (κ2) is 10.1. The molecule has 11 nitrogen and oxygen atoms in total. The van der Waals surface area contributed by atoms with E-state index in [2.05, 4.69) is 10.1 Å². The van der Waals surface area contributed by atoms with Crippen LogP contribution in [0.5, 0.6) is 5.75 Å². The molecule has 2 aliphatic heterocycles. The van der Waals surface area contributed by atoms with Gasteiger partial charge in [0.15, 0.2) is 6.10 Å². The van der Waals surface area contributed by atoms with Crippen LogP contribution in [0.15, 0.2) is 53.6 Å². The van der Waals surface area contributed by atoms with E-state index in [4.69, 9.17) is 13.8 Å². The molecule has 2 aliphatic rings. The Labute approximate surface area is 199 Å². The molecule has 0 aliphatic carbocycles. The standard InChI is InChI=1S/C21H25F2N4O7P/c1-26-11-5-9-15(18(26)29)25-35(31,34-14-7-3-2-4-8-14)32-13-16-17(28)21(22,23)19(33-16)27-12-6-10-24-20(27)30/h2-4,6-8,10,12,15-17,19,28H,5,9,11,13H2,1H3,(H,25,31)/t15?,16-,17-,19-,35?/m1/s1. The van der Waals surface area contributed by atoms with Gasteiger partial charge in [0, 0.05) is 26.0 Å². The monoisotopic (exact) mass is 514 g/mol. The van der Waals surface area contributed by atoms with E-state index in [0.717, 1.165) is 12.4 Å². The van der Waals surface area contributed by atoms with Crippen molar-refractivity contribution in [2.24, 2.45) is 0 Å². The number of likely N-dealkylation sites (tertiary alicyclic amines) is 1. The van der Waals surface area contributed by atoms with E-state index in [9.17, 15) is 28.0 Å². The molecule has 2 saturated heterocycles. The summed E-state index contributed by atoms with van der Waals surface area (Å²) >= 11 is 0. The van der Waals surface area contributed by atoms with Crippen LogP contribution in [0.2, 0.25) is 0 Å². The van der Waals surface area contributed by atoms with Gasteiger partial charge in [-0.25, -0.2) is 14.3 Å². The summed E-state index contributed by atoms with van der Waals surface area (Å²) in [6.07, 6.45) is -3.00. The maximum Gasteiger partial charge on any atom is 0.459 e. The SMILES string of the molecule is CN1CCCC(NP(=O)(OC[C@H]2O[C@@H](n3cccnc3=O)C(F)(F)[C@@H]2O)Oc2ccccc2)C1=O. The Balaban J connectivity index is 1.53. The molecule has 2 unspecified atom stereocenters. The molecule has 5 atom stereocenters. The van der Waals surface area contributed by atoms with E-state index >= 15 is 0 Å². The maximum atomic E-state index is 14.8. The lowest BCUT2D eigenvalue weighted by molar-refractivity contribution is -0.140. The van der Waals surface area contributed by atoms with Gasteiger partial charge >= 0.3 is 19.4 Å². The number of aliphatic hydroxyl groups is 1. The number of ether oxygens (including phenoxy) is 1. The van der Waals surface area contributed by atoms with Crippen LogP contribution < -0.4 is 15.3 Å². The van der Waals surface area contributed by atoms with Gasteiger partial charge in [-0.1, -0.05) is 18.2 Å². The van der Waals surface area contributed by atoms with Crippen LogP contribution in [0.1, 0.15) is 19.1 Å². The van der Waals surface area contributed by atoms with E-state index in [1.165, 1.54) is 23.1 Å². The number of hydrogen-bond acceptors (Lipinski definition) is 8. The van der Waals surface area contributed by atoms with E-state index in [-0.39, 0.29) is 11.7 Å². The van der Waals surface area contributed by atoms with Crippen LogP contribution in [0, 0.1) is 0 Å². The van der Waals surface area contributed by atoms with Crippen LogP contribution in [0.4, 0.5) is 8.78 Å². The van der Waals surface area contributed by atoms with E-state index in [0.29, 0.717) is 24.0 Å². The van der Waals surface area contributed by atoms with Crippen molar-refractivity contribution in [2.45, 2.75) is 43.2 Å². The summed E-state index contributed by atoms with van der Waals surface area (Å²) in [7, 11) is -2.71. The van der Waals surface area contributed by atoms with Crippen LogP contribution in [-0.2, 0) is 18.6 Å². The average molecular weight is 514 g/mol. The number of likely N-dealkylation sites (N-methyl/N-ethyl adjacent to an activating group) is 1. The van der Waals surface area contributed by atoms with E-state index in [1.807, 2.05) is 0 Å². The third-order valence-corrected chi connectivity index (χ3v) is 7.29. The Morgan fingerprint density at radius 3 is 2.74 bits per heavy atom. The quantitative estimate of drug-likeness (QED) is 0.504. The number of carbonyl (C=O) groups excluding carboxylic acids is 1. The first-order valence-electron chi connectivity index (χ1n) is 10.9. The molecule has 4 rings (SSSR count). The molecule has 2 aromatic rings. The fraction of sp³-hybridized carbons (Fsp3) is 0.476. The molecular formula is C21H25F2N4O7P. The molecule has 2 fully saturated rings. The van der Waals surface area contributed by atoms with Crippen LogP contribution >= 0.6 is 7.75 Å². The summed E-state index contributed by atoms with van der Waals surface area (Å²) in [4.78, 5) is 29.3. The highest BCUT2D eigenvalue weighted by Crippen LogP contribution is 2.48. The number of amides is 1. The van der Waals surface area contributed by atoms with Crippen molar-refractivity contribution in [3.63, 3.8) is 0 Å². The molecule has 2 N–H and O–H groups in total. The van der Waals surface area contributed by atoms with Gasteiger partial charge in [-0.05, 0) is 31.0 Å². The Kier molecular flexibility index (Phi) is 7.34. The number of aromatic nitrogens is 2. The number of carbonyl (C=O) groups is 1. The van der Waals surface area contributed by atoms with E-state index in [1.54, 1.807) is 25.2 Å². The molecule has 1 aromatic carbocycles. The van der Waals surface area contributed by atoms with Crippen molar-refractivity contribution in [3.8, 4) is 5.75 Å². The Morgan fingerprint density at radius 2 is 2.03 bits per heavy atom. The van der Waals surface area contributed by atoms with Crippen molar-refractivity contribution in [2.75, 3.05) is 20.2 Å². The summed E-state index contributed by atoms with van der Waals surface area (Å²) in [5.74, 6) is -4.05. The summed E-state index contributed by atoms with van der Waals surface area (Å²) in [5, 5.41) is 12.8. The number of para-hydroxylation sites is 1. The molecule has 0 bridgehead atoms. The molecule has 0 radical (unpaired) electrons. The minimum absolute atomic E-state index is 0.151. The topological polar surface area (TPSA) is 132 Å². The van der Waals surface area contributed by atoms with Crippen molar-refractivity contribution in [1.82, 2.24) is 19.5 Å². The van der Waals surface area contributed by atoms with Crippen molar-refractivity contribution in [3.05, 3.63) is 59.3 Å². The number of alkyl halides is 2. The third kappa shape index (κ3) is 5.44. The molecule has 0 spiro atoms. The Bertz CT molecular complexity index is 1150. The lowest BCUT2D eigenvalue weighted by Crippen LogP contribution is -2.48. The van der Waals surface area contributed by atoms with Gasteiger partial charge in [-0.15, -0.1) is 0 Å². The minimum Gasteiger partial charge on any atom is -0.413 e. The second-order valence-corrected chi connectivity index (χ2v) is 9.93. The summed E-state index contributed by atoms with van der Waals surface area (Å²) < 4.78 is 59.9. The number of halogens is 2. The number of nitrogens with zero attached hydrogens (tertiary/aromatic N) is 3. The van der Waals surface area contributed by atoms with Gasteiger partial charge in [-0.3, -0.25) is 13.9 Å². The predicted octanol–water partition coefficient (Wildman–Crippen LogP) is 1.55. The number of nitrogens with one attached hydrogen (secondary N) is 1. The molecule has 0 saturated carbocycles. The Hall–Kier alpha value is -2.70. The van der Waals surface area contributed by atoms with Crippen LogP contribution in [0.25, 0.3) is 0 Å². The molecule has 1 aromatic heterocycles. The second-order valence-electron chi connectivity index (χ2n) is 8.24. The predicted molar refractivity (Wildman–Crippen MR) is 118 cm³/mol. The largest absolute Gasteiger partial charge is 0.459 e. The third-order valence-electron chi connectivity index (χ3n) is 5.72. The molecule has 3 heterocycles. The highest BCUT2D eigenvalue weighted by Gasteiger charge is 2.60. The number of rotatable bonds is 8. The first-order chi connectivity index (χ1) is 16.6.